The lowest BCUT2D eigenvalue weighted by Gasteiger charge is -2.00. The van der Waals surface area contributed by atoms with Crippen molar-refractivity contribution in [3.8, 4) is 0 Å². The second-order valence-corrected chi connectivity index (χ2v) is 4.94. The largest absolute Gasteiger partial charge is 0.462 e. The summed E-state index contributed by atoms with van der Waals surface area (Å²) in [4.78, 5) is 11.1. The molecular formula is C20H27ClO2. The molecule has 2 rings (SSSR count). The molecular weight excluding hydrogens is 308 g/mol. The van der Waals surface area contributed by atoms with Gasteiger partial charge in [0, 0.05) is 5.02 Å². The van der Waals surface area contributed by atoms with E-state index in [4.69, 9.17) is 16.3 Å². The Balaban J connectivity index is 0.000000392. The summed E-state index contributed by atoms with van der Waals surface area (Å²) in [6, 6.07) is 15.2. The van der Waals surface area contributed by atoms with Gasteiger partial charge in [0.05, 0.1) is 12.2 Å². The van der Waals surface area contributed by atoms with Crippen LogP contribution in [-0.4, -0.2) is 12.6 Å². The minimum Gasteiger partial charge on any atom is -0.462 e. The van der Waals surface area contributed by atoms with Crippen molar-refractivity contribution >= 4 is 17.6 Å². The Morgan fingerprint density at radius 3 is 2.00 bits per heavy atom. The molecule has 0 bridgehead atoms. The van der Waals surface area contributed by atoms with Crippen LogP contribution in [-0.2, 0) is 11.2 Å². The van der Waals surface area contributed by atoms with E-state index in [1.165, 1.54) is 5.56 Å². The molecule has 23 heavy (non-hydrogen) atoms. The van der Waals surface area contributed by atoms with Crippen LogP contribution in [0, 0.1) is 6.92 Å². The van der Waals surface area contributed by atoms with Crippen LogP contribution in [0.5, 0.6) is 0 Å². The lowest BCUT2D eigenvalue weighted by atomic mass is 10.1. The van der Waals surface area contributed by atoms with E-state index >= 15 is 0 Å². The van der Waals surface area contributed by atoms with Gasteiger partial charge in [-0.3, -0.25) is 0 Å². The molecule has 126 valence electrons. The summed E-state index contributed by atoms with van der Waals surface area (Å²) < 4.78 is 4.83. The number of hydrogen-bond donors (Lipinski definition) is 0. The number of carbonyl (C=O) groups excluding carboxylic acids is 1. The van der Waals surface area contributed by atoms with Gasteiger partial charge in [0.1, 0.15) is 0 Å². The van der Waals surface area contributed by atoms with Crippen molar-refractivity contribution < 1.29 is 9.53 Å². The number of rotatable bonds is 3. The fourth-order valence-electron chi connectivity index (χ4n) is 1.69. The molecule has 2 aromatic carbocycles. The number of carbonyl (C=O) groups is 1. The first-order valence-corrected chi connectivity index (χ1v) is 8.43. The minimum atomic E-state index is -0.252. The van der Waals surface area contributed by atoms with E-state index in [0.717, 1.165) is 17.0 Å². The Hall–Kier alpha value is -1.80. The van der Waals surface area contributed by atoms with Crippen molar-refractivity contribution in [2.24, 2.45) is 0 Å². The molecule has 0 saturated heterocycles. The maximum absolute atomic E-state index is 11.1. The average molecular weight is 335 g/mol. The highest BCUT2D eigenvalue weighted by molar-refractivity contribution is 6.31. The van der Waals surface area contributed by atoms with Crippen LogP contribution in [0.2, 0.25) is 5.02 Å². The number of halogens is 1. The summed E-state index contributed by atoms with van der Waals surface area (Å²) in [6.07, 6.45) is 1.01. The number of benzene rings is 2. The van der Waals surface area contributed by atoms with Gasteiger partial charge in [-0.05, 0) is 44.0 Å². The van der Waals surface area contributed by atoms with Gasteiger partial charge < -0.3 is 4.74 Å². The van der Waals surface area contributed by atoms with E-state index in [-0.39, 0.29) is 5.97 Å². The van der Waals surface area contributed by atoms with Crippen LogP contribution in [0.15, 0.2) is 48.5 Å². The Labute approximate surface area is 145 Å². The molecule has 0 spiro atoms. The van der Waals surface area contributed by atoms with E-state index in [0.29, 0.717) is 12.2 Å². The van der Waals surface area contributed by atoms with Gasteiger partial charge in [0.2, 0.25) is 0 Å². The van der Waals surface area contributed by atoms with Crippen LogP contribution in [0.25, 0.3) is 0 Å². The van der Waals surface area contributed by atoms with E-state index in [9.17, 15) is 4.79 Å². The monoisotopic (exact) mass is 334 g/mol. The summed E-state index contributed by atoms with van der Waals surface area (Å²) in [5.41, 5.74) is 2.98. The maximum Gasteiger partial charge on any atom is 0.338 e. The highest BCUT2D eigenvalue weighted by Gasteiger charge is 2.03. The Morgan fingerprint density at radius 1 is 1.00 bits per heavy atom. The van der Waals surface area contributed by atoms with Crippen molar-refractivity contribution in [1.29, 1.82) is 0 Å². The molecule has 0 aliphatic carbocycles. The van der Waals surface area contributed by atoms with Gasteiger partial charge in [-0.2, -0.15) is 0 Å². The molecule has 3 heteroatoms. The first kappa shape index (κ1) is 21.2. The molecule has 0 atom stereocenters. The lowest BCUT2D eigenvalue weighted by molar-refractivity contribution is 0.0526. The smallest absolute Gasteiger partial charge is 0.338 e. The van der Waals surface area contributed by atoms with Crippen LogP contribution in [0.3, 0.4) is 0 Å². The molecule has 0 fully saturated rings. The molecule has 0 aliphatic rings. The number of ether oxygens (including phenoxy) is 1. The zero-order chi connectivity index (χ0) is 17.7. The zero-order valence-electron chi connectivity index (χ0n) is 14.7. The molecule has 2 aromatic rings. The van der Waals surface area contributed by atoms with Crippen LogP contribution in [0.1, 0.15) is 49.2 Å². The fourth-order valence-corrected chi connectivity index (χ4v) is 1.96. The SMILES string of the molecule is CC.CCOC(=O)c1ccc(C)cc1.CCc1ccccc1Cl. The number of esters is 1. The van der Waals surface area contributed by atoms with E-state index in [1.54, 1.807) is 19.1 Å². The summed E-state index contributed by atoms with van der Waals surface area (Å²) in [5.74, 6) is -0.252. The Bertz CT molecular complexity index is 562. The zero-order valence-corrected chi connectivity index (χ0v) is 15.5. The first-order chi connectivity index (χ1) is 11.1. The van der Waals surface area contributed by atoms with Gasteiger partial charge in [-0.1, -0.05) is 68.3 Å². The normalized spacial score (nSPS) is 8.96. The number of aryl methyl sites for hydroxylation is 2. The fraction of sp³-hybridized carbons (Fsp3) is 0.350. The third-order valence-electron chi connectivity index (χ3n) is 2.90. The molecule has 0 saturated carbocycles. The van der Waals surface area contributed by atoms with Crippen LogP contribution in [0.4, 0.5) is 0 Å². The van der Waals surface area contributed by atoms with Crippen LogP contribution < -0.4 is 0 Å². The summed E-state index contributed by atoms with van der Waals surface area (Å²) >= 11 is 5.82. The molecule has 0 unspecified atom stereocenters. The molecule has 0 radical (unpaired) electrons. The van der Waals surface area contributed by atoms with Crippen molar-refractivity contribution in [2.75, 3.05) is 6.61 Å². The van der Waals surface area contributed by atoms with E-state index in [1.807, 2.05) is 57.2 Å². The highest BCUT2D eigenvalue weighted by Crippen LogP contribution is 2.14. The summed E-state index contributed by atoms with van der Waals surface area (Å²) in [7, 11) is 0. The predicted molar refractivity (Wildman–Crippen MR) is 99.3 cm³/mol. The van der Waals surface area contributed by atoms with E-state index < -0.39 is 0 Å². The molecule has 2 nitrogen and oxygen atoms in total. The predicted octanol–water partition coefficient (Wildman–Crippen LogP) is 6.10. The molecule has 0 N–H and O–H groups in total. The van der Waals surface area contributed by atoms with Crippen molar-refractivity contribution in [3.05, 3.63) is 70.2 Å². The Morgan fingerprint density at radius 2 is 1.57 bits per heavy atom. The average Bonchev–Trinajstić information content (AvgIpc) is 2.58. The third-order valence-corrected chi connectivity index (χ3v) is 3.27. The lowest BCUT2D eigenvalue weighted by Crippen LogP contribution is -2.03. The van der Waals surface area contributed by atoms with Gasteiger partial charge in [-0.25, -0.2) is 4.79 Å². The highest BCUT2D eigenvalue weighted by atomic mass is 35.5. The summed E-state index contributed by atoms with van der Waals surface area (Å²) in [5, 5.41) is 0.875. The second-order valence-electron chi connectivity index (χ2n) is 4.53. The minimum absolute atomic E-state index is 0.252. The van der Waals surface area contributed by atoms with Crippen molar-refractivity contribution in [2.45, 2.75) is 41.0 Å². The molecule has 0 amide bonds. The number of hydrogen-bond acceptors (Lipinski definition) is 2. The van der Waals surface area contributed by atoms with Gasteiger partial charge in [-0.15, -0.1) is 0 Å². The second kappa shape index (κ2) is 12.7. The Kier molecular flexibility index (Phi) is 11.7. The van der Waals surface area contributed by atoms with Crippen LogP contribution >= 0.6 is 11.6 Å². The molecule has 0 heterocycles. The quantitative estimate of drug-likeness (QED) is 0.634. The topological polar surface area (TPSA) is 26.3 Å². The van der Waals surface area contributed by atoms with E-state index in [2.05, 4.69) is 6.92 Å². The van der Waals surface area contributed by atoms with Crippen molar-refractivity contribution in [3.63, 3.8) is 0 Å². The molecule has 0 aliphatic heterocycles. The van der Waals surface area contributed by atoms with Gasteiger partial charge in [0.15, 0.2) is 0 Å². The van der Waals surface area contributed by atoms with Gasteiger partial charge >= 0.3 is 5.97 Å². The molecule has 0 aromatic heterocycles. The first-order valence-electron chi connectivity index (χ1n) is 8.05. The standard InChI is InChI=1S/C10H12O2.C8H9Cl.C2H6/c1-3-12-10(11)9-6-4-8(2)5-7-9;1-2-7-5-3-4-6-8(7)9;1-2/h4-7H,3H2,1-2H3;3-6H,2H2,1H3;1-2H3. The third kappa shape index (κ3) is 8.41. The van der Waals surface area contributed by atoms with Crippen molar-refractivity contribution in [1.82, 2.24) is 0 Å². The summed E-state index contributed by atoms with van der Waals surface area (Å²) in [6.45, 7) is 10.3. The maximum atomic E-state index is 11.1. The van der Waals surface area contributed by atoms with Gasteiger partial charge in [0.25, 0.3) is 0 Å².